The zero-order valence-corrected chi connectivity index (χ0v) is 13.1. The van der Waals surface area contributed by atoms with Gasteiger partial charge in [-0.3, -0.25) is 0 Å². The summed E-state index contributed by atoms with van der Waals surface area (Å²) in [5.41, 5.74) is 7.19. The van der Waals surface area contributed by atoms with E-state index in [9.17, 15) is 13.2 Å². The number of nitrogens with two attached hydrogens (primary N) is 1. The first-order chi connectivity index (χ1) is 10.8. The summed E-state index contributed by atoms with van der Waals surface area (Å²) in [6.07, 6.45) is -0.707. The van der Waals surface area contributed by atoms with Gasteiger partial charge in [0.1, 0.15) is 5.75 Å². The van der Waals surface area contributed by atoms with Crippen LogP contribution in [-0.2, 0) is 6.54 Å². The van der Waals surface area contributed by atoms with Crippen LogP contribution < -0.4 is 15.8 Å². The van der Waals surface area contributed by atoms with E-state index in [0.29, 0.717) is 17.4 Å². The molecule has 1 aromatic rings. The van der Waals surface area contributed by atoms with Gasteiger partial charge in [0.15, 0.2) is 12.6 Å². The quantitative estimate of drug-likeness (QED) is 0.623. The molecule has 2 rings (SSSR count). The van der Waals surface area contributed by atoms with E-state index < -0.39 is 12.8 Å². The topological polar surface area (TPSA) is 59.6 Å². The third-order valence-corrected chi connectivity index (χ3v) is 3.83. The summed E-state index contributed by atoms with van der Waals surface area (Å²) in [4.78, 5) is 4.18. The minimum atomic E-state index is -4.37. The van der Waals surface area contributed by atoms with Crippen molar-refractivity contribution in [1.29, 1.82) is 0 Å². The molecule has 0 atom stereocenters. The monoisotopic (exact) mass is 329 g/mol. The van der Waals surface area contributed by atoms with Crippen molar-refractivity contribution in [3.05, 3.63) is 29.3 Å². The summed E-state index contributed by atoms with van der Waals surface area (Å²) in [7, 11) is 0. The Morgan fingerprint density at radius 3 is 2.74 bits per heavy atom. The van der Waals surface area contributed by atoms with Gasteiger partial charge in [0, 0.05) is 12.1 Å². The second-order valence-electron chi connectivity index (χ2n) is 5.89. The molecule has 0 aliphatic heterocycles. The Hall–Kier alpha value is -1.92. The molecule has 4 nitrogen and oxygen atoms in total. The number of aliphatic imine (C=N–C) groups is 1. The van der Waals surface area contributed by atoms with Crippen LogP contribution >= 0.6 is 0 Å². The largest absolute Gasteiger partial charge is 0.484 e. The Kier molecular flexibility index (Phi) is 5.74. The Bertz CT molecular complexity index is 554. The van der Waals surface area contributed by atoms with Crippen LogP contribution in [0.25, 0.3) is 0 Å². The predicted molar refractivity (Wildman–Crippen MR) is 83.4 cm³/mol. The fraction of sp³-hybridized carbons (Fsp3) is 0.562. The zero-order valence-electron chi connectivity index (χ0n) is 13.1. The third kappa shape index (κ3) is 6.00. The van der Waals surface area contributed by atoms with E-state index in [1.165, 1.54) is 19.3 Å². The van der Waals surface area contributed by atoms with Crippen LogP contribution in [0.2, 0.25) is 0 Å². The van der Waals surface area contributed by atoms with Crippen LogP contribution in [0, 0.1) is 12.8 Å². The highest BCUT2D eigenvalue weighted by Gasteiger charge is 2.28. The predicted octanol–water partition coefficient (Wildman–Crippen LogP) is 3.14. The van der Waals surface area contributed by atoms with Crippen LogP contribution in [0.4, 0.5) is 13.2 Å². The fourth-order valence-corrected chi connectivity index (χ4v) is 2.26. The summed E-state index contributed by atoms with van der Waals surface area (Å²) in [5, 5.41) is 3.05. The van der Waals surface area contributed by atoms with Crippen molar-refractivity contribution in [3.8, 4) is 5.75 Å². The Morgan fingerprint density at radius 1 is 1.39 bits per heavy atom. The van der Waals surface area contributed by atoms with E-state index in [1.54, 1.807) is 19.1 Å². The van der Waals surface area contributed by atoms with E-state index >= 15 is 0 Å². The Morgan fingerprint density at radius 2 is 2.13 bits per heavy atom. The molecule has 1 aliphatic carbocycles. The number of alkyl halides is 3. The van der Waals surface area contributed by atoms with E-state index in [1.807, 2.05) is 6.07 Å². The number of hydrogen-bond acceptors (Lipinski definition) is 2. The average Bonchev–Trinajstić information content (AvgIpc) is 2.41. The molecule has 0 unspecified atom stereocenters. The van der Waals surface area contributed by atoms with Gasteiger partial charge in [-0.1, -0.05) is 18.6 Å². The lowest BCUT2D eigenvalue weighted by Gasteiger charge is -2.25. The van der Waals surface area contributed by atoms with Gasteiger partial charge in [0.2, 0.25) is 0 Å². The molecule has 1 fully saturated rings. The molecule has 1 aliphatic rings. The number of guanidine groups is 1. The summed E-state index contributed by atoms with van der Waals surface area (Å²) in [6.45, 7) is 1.45. The van der Waals surface area contributed by atoms with Gasteiger partial charge < -0.3 is 15.8 Å². The van der Waals surface area contributed by atoms with Crippen LogP contribution in [0.1, 0.15) is 30.4 Å². The van der Waals surface area contributed by atoms with Gasteiger partial charge in [-0.2, -0.15) is 13.2 Å². The summed E-state index contributed by atoms with van der Waals surface area (Å²) in [6, 6.07) is 5.10. The Labute approximate surface area is 133 Å². The summed E-state index contributed by atoms with van der Waals surface area (Å²) in [5.74, 6) is 1.14. The zero-order chi connectivity index (χ0) is 16.9. The molecular formula is C16H22F3N3O. The highest BCUT2D eigenvalue weighted by atomic mass is 19.4. The molecule has 1 aromatic carbocycles. The molecule has 3 N–H and O–H groups in total. The minimum Gasteiger partial charge on any atom is -0.484 e. The van der Waals surface area contributed by atoms with E-state index in [4.69, 9.17) is 10.5 Å². The van der Waals surface area contributed by atoms with Gasteiger partial charge in [-0.15, -0.1) is 0 Å². The molecule has 0 heterocycles. The molecule has 0 aromatic heterocycles. The molecule has 0 amide bonds. The second kappa shape index (κ2) is 7.57. The molecule has 0 spiro atoms. The number of benzene rings is 1. The van der Waals surface area contributed by atoms with Crippen molar-refractivity contribution in [2.24, 2.45) is 16.6 Å². The highest BCUT2D eigenvalue weighted by Crippen LogP contribution is 2.25. The lowest BCUT2D eigenvalue weighted by molar-refractivity contribution is -0.153. The summed E-state index contributed by atoms with van der Waals surface area (Å²) < 4.78 is 41.8. The van der Waals surface area contributed by atoms with Gasteiger partial charge in [0.05, 0.1) is 6.54 Å². The van der Waals surface area contributed by atoms with Crippen LogP contribution in [0.3, 0.4) is 0 Å². The van der Waals surface area contributed by atoms with Gasteiger partial charge in [-0.25, -0.2) is 4.99 Å². The number of halogens is 3. The fourth-order valence-electron chi connectivity index (χ4n) is 2.26. The number of nitrogens with one attached hydrogen (secondary N) is 1. The number of hydrogen-bond donors (Lipinski definition) is 2. The molecule has 128 valence electrons. The van der Waals surface area contributed by atoms with E-state index in [-0.39, 0.29) is 12.3 Å². The molecule has 0 bridgehead atoms. The molecule has 1 saturated carbocycles. The minimum absolute atomic E-state index is 0.178. The van der Waals surface area contributed by atoms with E-state index in [0.717, 1.165) is 12.1 Å². The Balaban J connectivity index is 1.94. The van der Waals surface area contributed by atoms with Crippen LogP contribution in [0.5, 0.6) is 5.75 Å². The lowest BCUT2D eigenvalue weighted by atomic mass is 9.85. The lowest BCUT2D eigenvalue weighted by Crippen LogP contribution is -2.37. The van der Waals surface area contributed by atoms with Crippen molar-refractivity contribution >= 4 is 5.96 Å². The highest BCUT2D eigenvalue weighted by molar-refractivity contribution is 5.77. The van der Waals surface area contributed by atoms with E-state index in [2.05, 4.69) is 10.3 Å². The van der Waals surface area contributed by atoms with Crippen molar-refractivity contribution < 1.29 is 17.9 Å². The van der Waals surface area contributed by atoms with Crippen molar-refractivity contribution in [3.63, 3.8) is 0 Å². The maximum Gasteiger partial charge on any atom is 0.422 e. The molecular weight excluding hydrogens is 307 g/mol. The number of nitrogens with zero attached hydrogens (tertiary/aromatic N) is 1. The molecule has 23 heavy (non-hydrogen) atoms. The number of rotatable bonds is 6. The van der Waals surface area contributed by atoms with Crippen molar-refractivity contribution in [1.82, 2.24) is 5.32 Å². The summed E-state index contributed by atoms with van der Waals surface area (Å²) >= 11 is 0. The first-order valence-electron chi connectivity index (χ1n) is 7.66. The van der Waals surface area contributed by atoms with Crippen molar-refractivity contribution in [2.45, 2.75) is 38.9 Å². The third-order valence-electron chi connectivity index (χ3n) is 3.83. The normalized spacial score (nSPS) is 16.1. The molecule has 0 radical (unpaired) electrons. The average molecular weight is 329 g/mol. The molecule has 7 heteroatoms. The number of ether oxygens (including phenoxy) is 1. The first kappa shape index (κ1) is 17.4. The van der Waals surface area contributed by atoms with Crippen LogP contribution in [0.15, 0.2) is 23.2 Å². The smallest absolute Gasteiger partial charge is 0.422 e. The van der Waals surface area contributed by atoms with Gasteiger partial charge >= 0.3 is 6.18 Å². The molecule has 0 saturated heterocycles. The first-order valence-corrected chi connectivity index (χ1v) is 7.66. The maximum absolute atomic E-state index is 12.3. The van der Waals surface area contributed by atoms with Crippen LogP contribution in [-0.4, -0.2) is 25.3 Å². The second-order valence-corrected chi connectivity index (χ2v) is 5.89. The van der Waals surface area contributed by atoms with Crippen molar-refractivity contribution in [2.75, 3.05) is 13.2 Å². The maximum atomic E-state index is 12.3. The van der Waals surface area contributed by atoms with Gasteiger partial charge in [-0.05, 0) is 37.3 Å². The number of aryl methyl sites for hydroxylation is 1. The standard InChI is InChI=1S/C16H22F3N3O/c1-11-5-6-13(14(7-11)23-10-16(17,18)19)9-22-15(20)21-8-12-3-2-4-12/h5-7,12H,2-4,8-10H2,1H3,(H3,20,21,22). The van der Waals surface area contributed by atoms with Gasteiger partial charge in [0.25, 0.3) is 0 Å². The SMILES string of the molecule is Cc1ccc(CN=C(N)NCC2CCC2)c(OCC(F)(F)F)c1.